The molecule has 19 heavy (non-hydrogen) atoms. The van der Waals surface area contributed by atoms with E-state index in [1.165, 1.54) is 32.2 Å². The minimum absolute atomic E-state index is 0.0117. The topological polar surface area (TPSA) is 21.7 Å². The van der Waals surface area contributed by atoms with E-state index in [1.54, 1.807) is 0 Å². The molecular formula is C15H26BNO2. The quantitative estimate of drug-likeness (QED) is 0.678. The van der Waals surface area contributed by atoms with Crippen molar-refractivity contribution >= 4 is 7.12 Å². The van der Waals surface area contributed by atoms with Crippen molar-refractivity contribution in [2.24, 2.45) is 17.3 Å². The molecule has 0 spiro atoms. The summed E-state index contributed by atoms with van der Waals surface area (Å²) in [6.07, 6.45) is 5.39. The number of rotatable bonds is 1. The van der Waals surface area contributed by atoms with Gasteiger partial charge in [0.05, 0.1) is 11.7 Å². The zero-order valence-corrected chi connectivity index (χ0v) is 12.7. The third-order valence-electron chi connectivity index (χ3n) is 6.86. The smallest absolute Gasteiger partial charge is 0.404 e. The highest BCUT2D eigenvalue weighted by molar-refractivity contribution is 6.47. The summed E-state index contributed by atoms with van der Waals surface area (Å²) in [4.78, 5) is 2.42. The van der Waals surface area contributed by atoms with Gasteiger partial charge in [-0.05, 0) is 63.5 Å². The Balaban J connectivity index is 1.57. The van der Waals surface area contributed by atoms with E-state index < -0.39 is 0 Å². The van der Waals surface area contributed by atoms with Crippen LogP contribution in [0.4, 0.5) is 0 Å². The molecule has 5 rings (SSSR count). The van der Waals surface area contributed by atoms with Crippen molar-refractivity contribution < 1.29 is 9.31 Å². The Morgan fingerprint density at radius 1 is 1.21 bits per heavy atom. The Morgan fingerprint density at radius 2 is 2.00 bits per heavy atom. The fourth-order valence-electron chi connectivity index (χ4n) is 5.34. The predicted octanol–water partition coefficient (Wildman–Crippen LogP) is 2.35. The van der Waals surface area contributed by atoms with Crippen LogP contribution in [-0.2, 0) is 9.31 Å². The molecule has 0 aromatic rings. The van der Waals surface area contributed by atoms with Gasteiger partial charge < -0.3 is 14.2 Å². The van der Waals surface area contributed by atoms with Crippen molar-refractivity contribution in [2.75, 3.05) is 13.6 Å². The minimum atomic E-state index is -0.0354. The average Bonchev–Trinajstić information content (AvgIpc) is 2.90. The summed E-state index contributed by atoms with van der Waals surface area (Å²) in [6.45, 7) is 8.35. The Bertz CT molecular complexity index is 402. The van der Waals surface area contributed by atoms with Crippen molar-refractivity contribution in [3.63, 3.8) is 0 Å². The molecule has 5 fully saturated rings. The SMILES string of the molecule is CN1CCCC1B1O[C@@H]2C[C@@H]3C[C@@H](C3(C)C)[C@]2(C)O1. The van der Waals surface area contributed by atoms with Gasteiger partial charge >= 0.3 is 7.12 Å². The second-order valence-electron chi connectivity index (χ2n) is 8.03. The monoisotopic (exact) mass is 263 g/mol. The lowest BCUT2D eigenvalue weighted by Crippen LogP contribution is -2.65. The maximum atomic E-state index is 6.53. The Kier molecular flexibility index (Phi) is 2.52. The van der Waals surface area contributed by atoms with Gasteiger partial charge in [-0.3, -0.25) is 0 Å². The molecule has 0 N–H and O–H groups in total. The second-order valence-corrected chi connectivity index (χ2v) is 8.03. The second kappa shape index (κ2) is 3.77. The molecule has 0 radical (unpaired) electrons. The van der Waals surface area contributed by atoms with Crippen molar-refractivity contribution in [3.8, 4) is 0 Å². The average molecular weight is 263 g/mol. The van der Waals surface area contributed by atoms with E-state index in [4.69, 9.17) is 9.31 Å². The molecular weight excluding hydrogens is 237 g/mol. The van der Waals surface area contributed by atoms with Gasteiger partial charge in [0.25, 0.3) is 0 Å². The maximum absolute atomic E-state index is 6.53. The summed E-state index contributed by atoms with van der Waals surface area (Å²) in [5, 5.41) is 0. The molecule has 1 unspecified atom stereocenters. The predicted molar refractivity (Wildman–Crippen MR) is 75.8 cm³/mol. The normalized spacial score (nSPS) is 52.1. The summed E-state index contributed by atoms with van der Waals surface area (Å²) >= 11 is 0. The van der Waals surface area contributed by atoms with E-state index in [9.17, 15) is 0 Å². The van der Waals surface area contributed by atoms with Gasteiger partial charge in [-0.1, -0.05) is 13.8 Å². The van der Waals surface area contributed by atoms with Crippen molar-refractivity contribution in [1.29, 1.82) is 0 Å². The lowest BCUT2D eigenvalue weighted by molar-refractivity contribution is -0.199. The summed E-state index contributed by atoms with van der Waals surface area (Å²) < 4.78 is 12.9. The van der Waals surface area contributed by atoms with Crippen LogP contribution in [0.3, 0.4) is 0 Å². The van der Waals surface area contributed by atoms with Crippen LogP contribution in [0.2, 0.25) is 0 Å². The summed E-state index contributed by atoms with van der Waals surface area (Å²) in [5.74, 6) is 2.00. The third-order valence-corrected chi connectivity index (χ3v) is 6.86. The van der Waals surface area contributed by atoms with Gasteiger partial charge in [0.15, 0.2) is 0 Å². The Labute approximate surface area is 117 Å². The maximum Gasteiger partial charge on any atom is 0.476 e. The molecule has 3 saturated carbocycles. The lowest BCUT2D eigenvalue weighted by Gasteiger charge is -2.64. The van der Waals surface area contributed by atoms with Crippen LogP contribution in [0.5, 0.6) is 0 Å². The molecule has 5 aliphatic rings. The van der Waals surface area contributed by atoms with Gasteiger partial charge in [-0.25, -0.2) is 0 Å². The molecule has 2 bridgehead atoms. The van der Waals surface area contributed by atoms with Crippen molar-refractivity contribution in [3.05, 3.63) is 0 Å². The molecule has 2 heterocycles. The van der Waals surface area contributed by atoms with E-state index in [0.29, 0.717) is 23.4 Å². The standard InChI is InChI=1S/C15H26BNO2/c1-14(2)10-8-11(14)15(3)12(9-10)18-16(19-15)13-6-5-7-17(13)4/h10-13H,5-9H2,1-4H3/t10-,11-,12+,13?,15-/m0/s1. The van der Waals surface area contributed by atoms with Crippen LogP contribution in [0.1, 0.15) is 46.5 Å². The molecule has 0 aromatic carbocycles. The lowest BCUT2D eigenvalue weighted by atomic mass is 9.43. The summed E-state index contributed by atoms with van der Waals surface area (Å²) in [7, 11) is 2.22. The number of likely N-dealkylation sites (tertiary alicyclic amines) is 1. The molecule has 2 saturated heterocycles. The molecule has 3 aliphatic carbocycles. The minimum Gasteiger partial charge on any atom is -0.404 e. The van der Waals surface area contributed by atoms with Gasteiger partial charge in [0, 0.05) is 5.94 Å². The Morgan fingerprint density at radius 3 is 2.63 bits per heavy atom. The number of hydrogen-bond donors (Lipinski definition) is 0. The molecule has 0 aromatic heterocycles. The molecule has 2 aliphatic heterocycles. The van der Waals surface area contributed by atoms with Crippen LogP contribution in [0.25, 0.3) is 0 Å². The number of nitrogens with zero attached hydrogens (tertiary/aromatic N) is 1. The summed E-state index contributed by atoms with van der Waals surface area (Å²) in [6, 6.07) is 0. The summed E-state index contributed by atoms with van der Waals surface area (Å²) in [5.41, 5.74) is 0.414. The van der Waals surface area contributed by atoms with E-state index >= 15 is 0 Å². The highest BCUT2D eigenvalue weighted by Crippen LogP contribution is 2.65. The fourth-order valence-corrected chi connectivity index (χ4v) is 5.34. The zero-order valence-electron chi connectivity index (χ0n) is 12.7. The van der Waals surface area contributed by atoms with E-state index in [1.807, 2.05) is 0 Å². The van der Waals surface area contributed by atoms with Crippen LogP contribution >= 0.6 is 0 Å². The molecule has 5 atom stereocenters. The molecule has 3 nitrogen and oxygen atoms in total. The van der Waals surface area contributed by atoms with E-state index in [2.05, 4.69) is 32.7 Å². The van der Waals surface area contributed by atoms with Crippen LogP contribution < -0.4 is 0 Å². The Hall–Kier alpha value is -0.0551. The van der Waals surface area contributed by atoms with Gasteiger partial charge in [-0.2, -0.15) is 0 Å². The first-order chi connectivity index (χ1) is 8.93. The number of hydrogen-bond acceptors (Lipinski definition) is 3. The van der Waals surface area contributed by atoms with Crippen LogP contribution in [0, 0.1) is 17.3 Å². The highest BCUT2D eigenvalue weighted by atomic mass is 16.7. The van der Waals surface area contributed by atoms with E-state index in [-0.39, 0.29) is 12.7 Å². The van der Waals surface area contributed by atoms with Crippen molar-refractivity contribution in [1.82, 2.24) is 4.90 Å². The molecule has 0 amide bonds. The van der Waals surface area contributed by atoms with E-state index in [0.717, 1.165) is 5.92 Å². The van der Waals surface area contributed by atoms with Gasteiger partial charge in [-0.15, -0.1) is 0 Å². The zero-order chi connectivity index (χ0) is 13.4. The first-order valence-corrected chi connectivity index (χ1v) is 7.96. The van der Waals surface area contributed by atoms with Gasteiger partial charge in [0.1, 0.15) is 0 Å². The highest BCUT2D eigenvalue weighted by Gasteiger charge is 2.68. The largest absolute Gasteiger partial charge is 0.476 e. The van der Waals surface area contributed by atoms with Crippen LogP contribution in [-0.4, -0.2) is 43.3 Å². The van der Waals surface area contributed by atoms with Crippen molar-refractivity contribution in [2.45, 2.75) is 64.1 Å². The van der Waals surface area contributed by atoms with Crippen LogP contribution in [0.15, 0.2) is 0 Å². The molecule has 4 heteroatoms. The first-order valence-electron chi connectivity index (χ1n) is 7.96. The third kappa shape index (κ3) is 1.51. The van der Waals surface area contributed by atoms with Gasteiger partial charge in [0.2, 0.25) is 0 Å². The molecule has 106 valence electrons. The fraction of sp³-hybridized carbons (Fsp3) is 1.00. The first kappa shape index (κ1) is 12.7.